The minimum Gasteiger partial charge on any atom is -0.493 e. The number of amides is 1. The van der Waals surface area contributed by atoms with Crippen LogP contribution in [-0.4, -0.2) is 48.9 Å². The lowest BCUT2D eigenvalue weighted by Crippen LogP contribution is -2.15. The first-order valence-electron chi connectivity index (χ1n) is 12.3. The summed E-state index contributed by atoms with van der Waals surface area (Å²) in [5.74, 6) is 2.21. The largest absolute Gasteiger partial charge is 0.493 e. The fraction of sp³-hybridized carbons (Fsp3) is 0.207. The number of fused-ring (bicyclic) bond motifs is 2. The number of methoxy groups -OCH3 is 4. The number of aromatic nitrogens is 3. The van der Waals surface area contributed by atoms with E-state index in [-0.39, 0.29) is 11.4 Å². The number of benzene rings is 3. The van der Waals surface area contributed by atoms with E-state index in [1.54, 1.807) is 39.5 Å². The lowest BCUT2D eigenvalue weighted by molar-refractivity contribution is 0.102. The third kappa shape index (κ3) is 4.84. The zero-order chi connectivity index (χ0) is 27.5. The summed E-state index contributed by atoms with van der Waals surface area (Å²) in [6, 6.07) is 18.4. The molecule has 0 radical (unpaired) electrons. The van der Waals surface area contributed by atoms with Gasteiger partial charge in [0.05, 0.1) is 39.5 Å². The number of carbonyl (C=O) groups is 1. The number of ether oxygens (including phenoxy) is 4. The Morgan fingerprint density at radius 3 is 2.10 bits per heavy atom. The summed E-state index contributed by atoms with van der Waals surface area (Å²) in [5.41, 5.74) is 10.8. The van der Waals surface area contributed by atoms with Gasteiger partial charge in [0, 0.05) is 18.3 Å². The Bertz CT molecular complexity index is 1680. The summed E-state index contributed by atoms with van der Waals surface area (Å²) >= 11 is 0. The van der Waals surface area contributed by atoms with Crippen molar-refractivity contribution in [1.82, 2.24) is 14.5 Å². The number of carbonyl (C=O) groups excluding carboxylic acids is 1. The van der Waals surface area contributed by atoms with E-state index in [1.165, 1.54) is 7.11 Å². The third-order valence-electron chi connectivity index (χ3n) is 6.53. The van der Waals surface area contributed by atoms with Crippen LogP contribution in [0, 0.1) is 0 Å². The smallest absolute Gasteiger partial charge is 0.261 e. The van der Waals surface area contributed by atoms with Gasteiger partial charge in [-0.3, -0.25) is 4.79 Å². The number of hydrogen-bond donors (Lipinski definition) is 2. The maximum atomic E-state index is 13.6. The van der Waals surface area contributed by atoms with E-state index < -0.39 is 5.91 Å². The Hall–Kier alpha value is -4.99. The first kappa shape index (κ1) is 25.7. The number of nitrogens with zero attached hydrogens (tertiary/aromatic N) is 3. The van der Waals surface area contributed by atoms with Crippen LogP contribution in [-0.2, 0) is 13.0 Å². The topological polar surface area (TPSA) is 123 Å². The lowest BCUT2D eigenvalue weighted by Gasteiger charge is -2.12. The molecule has 39 heavy (non-hydrogen) atoms. The van der Waals surface area contributed by atoms with Crippen molar-refractivity contribution >= 4 is 39.6 Å². The first-order chi connectivity index (χ1) is 19.0. The average molecular weight is 528 g/mol. The van der Waals surface area contributed by atoms with Crippen molar-refractivity contribution in [2.75, 3.05) is 39.5 Å². The van der Waals surface area contributed by atoms with Crippen molar-refractivity contribution in [2.45, 2.75) is 13.0 Å². The van der Waals surface area contributed by atoms with Gasteiger partial charge in [0.2, 0.25) is 0 Å². The molecular weight excluding hydrogens is 498 g/mol. The molecule has 200 valence electrons. The Kier molecular flexibility index (Phi) is 7.09. The molecule has 10 heteroatoms. The normalized spacial score (nSPS) is 11.0. The van der Waals surface area contributed by atoms with Gasteiger partial charge in [0.15, 0.2) is 28.6 Å². The fourth-order valence-corrected chi connectivity index (χ4v) is 4.55. The van der Waals surface area contributed by atoms with Gasteiger partial charge >= 0.3 is 0 Å². The first-order valence-corrected chi connectivity index (χ1v) is 12.3. The number of nitrogens with one attached hydrogen (secondary N) is 1. The standard InChI is InChI=1S/C29H29N5O5/c1-36-21-11-9-17(15-23(21)38-3)13-14-34-27(30)25(26-28(34)33-20-8-6-5-7-19(20)32-26)29(35)31-18-10-12-22(37-2)24(16-18)39-4/h5-12,15-16H,13-14,30H2,1-4H3,(H,31,35). The predicted molar refractivity (Wildman–Crippen MR) is 150 cm³/mol. The second kappa shape index (κ2) is 10.8. The Morgan fingerprint density at radius 1 is 0.821 bits per heavy atom. The highest BCUT2D eigenvalue weighted by Crippen LogP contribution is 2.33. The number of para-hydroxylation sites is 2. The number of nitrogens with two attached hydrogens (primary N) is 1. The molecule has 0 aliphatic carbocycles. The van der Waals surface area contributed by atoms with Gasteiger partial charge in [-0.05, 0) is 48.4 Å². The van der Waals surface area contributed by atoms with Gasteiger partial charge in [-0.1, -0.05) is 18.2 Å². The molecule has 2 heterocycles. The van der Waals surface area contributed by atoms with Crippen LogP contribution in [0.3, 0.4) is 0 Å². The molecule has 2 aromatic heterocycles. The molecule has 0 saturated carbocycles. The molecule has 10 nitrogen and oxygen atoms in total. The molecule has 0 aliphatic rings. The highest BCUT2D eigenvalue weighted by molar-refractivity contribution is 6.16. The van der Waals surface area contributed by atoms with Crippen LogP contribution in [0.25, 0.3) is 22.2 Å². The summed E-state index contributed by atoms with van der Waals surface area (Å²) < 4.78 is 23.3. The van der Waals surface area contributed by atoms with E-state index in [9.17, 15) is 4.79 Å². The molecule has 0 unspecified atom stereocenters. The van der Waals surface area contributed by atoms with Crippen LogP contribution in [0.15, 0.2) is 60.7 Å². The number of hydrogen-bond acceptors (Lipinski definition) is 8. The highest BCUT2D eigenvalue weighted by Gasteiger charge is 2.24. The van der Waals surface area contributed by atoms with Crippen LogP contribution in [0.4, 0.5) is 11.5 Å². The Morgan fingerprint density at radius 2 is 1.44 bits per heavy atom. The van der Waals surface area contributed by atoms with Crippen molar-refractivity contribution in [3.8, 4) is 23.0 Å². The van der Waals surface area contributed by atoms with Crippen molar-refractivity contribution in [2.24, 2.45) is 0 Å². The summed E-state index contributed by atoms with van der Waals surface area (Å²) in [6.07, 6.45) is 0.611. The van der Waals surface area contributed by atoms with Crippen LogP contribution >= 0.6 is 0 Å². The zero-order valence-electron chi connectivity index (χ0n) is 22.1. The summed E-state index contributed by atoms with van der Waals surface area (Å²) in [7, 11) is 6.29. The molecular formula is C29H29N5O5. The summed E-state index contributed by atoms with van der Waals surface area (Å²) in [4.78, 5) is 23.2. The maximum Gasteiger partial charge on any atom is 0.261 e. The van der Waals surface area contributed by atoms with E-state index in [0.29, 0.717) is 63.8 Å². The molecule has 5 aromatic rings. The second-order valence-electron chi connectivity index (χ2n) is 8.76. The maximum absolute atomic E-state index is 13.6. The third-order valence-corrected chi connectivity index (χ3v) is 6.53. The van der Waals surface area contributed by atoms with Crippen molar-refractivity contribution in [3.63, 3.8) is 0 Å². The number of anilines is 2. The average Bonchev–Trinajstić information content (AvgIpc) is 3.24. The molecule has 0 atom stereocenters. The summed E-state index contributed by atoms with van der Waals surface area (Å²) in [5, 5.41) is 2.91. The van der Waals surface area contributed by atoms with Crippen LogP contribution in [0.5, 0.6) is 23.0 Å². The van der Waals surface area contributed by atoms with Gasteiger partial charge in [-0.15, -0.1) is 0 Å². The van der Waals surface area contributed by atoms with Gasteiger partial charge in [0.25, 0.3) is 5.91 Å². The quantitative estimate of drug-likeness (QED) is 0.283. The zero-order valence-corrected chi connectivity index (χ0v) is 22.1. The van der Waals surface area contributed by atoms with E-state index >= 15 is 0 Å². The van der Waals surface area contributed by atoms with Crippen molar-refractivity contribution in [1.29, 1.82) is 0 Å². The van der Waals surface area contributed by atoms with Crippen LogP contribution in [0.2, 0.25) is 0 Å². The van der Waals surface area contributed by atoms with Gasteiger partial charge in [0.1, 0.15) is 16.9 Å². The highest BCUT2D eigenvalue weighted by atomic mass is 16.5. The Balaban J connectivity index is 1.55. The molecule has 0 bridgehead atoms. The minimum atomic E-state index is -0.404. The van der Waals surface area contributed by atoms with Crippen LogP contribution < -0.4 is 30.0 Å². The molecule has 0 spiro atoms. The fourth-order valence-electron chi connectivity index (χ4n) is 4.55. The Labute approximate surface area is 225 Å². The molecule has 0 aliphatic heterocycles. The number of rotatable bonds is 9. The molecule has 0 fully saturated rings. The van der Waals surface area contributed by atoms with Gasteiger partial charge < -0.3 is 34.6 Å². The predicted octanol–water partition coefficient (Wildman–Crippen LogP) is 4.70. The van der Waals surface area contributed by atoms with E-state index in [2.05, 4.69) is 5.32 Å². The van der Waals surface area contributed by atoms with E-state index in [4.69, 9.17) is 34.6 Å². The molecule has 3 N–H and O–H groups in total. The number of aryl methyl sites for hydroxylation is 2. The SMILES string of the molecule is COc1ccc(CCn2c(N)c(C(=O)Nc3ccc(OC)c(OC)c3)c3nc4ccccc4nc32)cc1OC. The van der Waals surface area contributed by atoms with E-state index in [0.717, 1.165) is 5.56 Å². The van der Waals surface area contributed by atoms with Crippen molar-refractivity contribution in [3.05, 3.63) is 71.8 Å². The molecule has 0 saturated heterocycles. The molecule has 1 amide bonds. The minimum absolute atomic E-state index is 0.255. The molecule has 3 aromatic carbocycles. The number of nitrogen functional groups attached to an aromatic ring is 1. The van der Waals surface area contributed by atoms with E-state index in [1.807, 2.05) is 47.0 Å². The van der Waals surface area contributed by atoms with Gasteiger partial charge in [-0.25, -0.2) is 9.97 Å². The van der Waals surface area contributed by atoms with Gasteiger partial charge in [-0.2, -0.15) is 0 Å². The van der Waals surface area contributed by atoms with Crippen LogP contribution in [0.1, 0.15) is 15.9 Å². The second-order valence-corrected chi connectivity index (χ2v) is 8.76. The lowest BCUT2D eigenvalue weighted by atomic mass is 10.1. The van der Waals surface area contributed by atoms with Crippen molar-refractivity contribution < 1.29 is 23.7 Å². The summed E-state index contributed by atoms with van der Waals surface area (Å²) in [6.45, 7) is 0.467. The molecule has 5 rings (SSSR count). The monoisotopic (exact) mass is 527 g/mol.